The number of ether oxygens (including phenoxy) is 1. The average molecular weight is 992 g/mol. The van der Waals surface area contributed by atoms with Crippen LogP contribution in [0.5, 0.6) is 5.75 Å². The van der Waals surface area contributed by atoms with E-state index in [-0.39, 0.29) is 5.41 Å². The number of aromatic nitrogens is 6. The van der Waals surface area contributed by atoms with Crippen LogP contribution >= 0.6 is 0 Å². The van der Waals surface area contributed by atoms with Crippen molar-refractivity contribution in [3.05, 3.63) is 258 Å². The molecule has 364 valence electrons. The molecule has 10 heteroatoms. The van der Waals surface area contributed by atoms with Crippen molar-refractivity contribution in [2.75, 3.05) is 4.90 Å². The van der Waals surface area contributed by atoms with Crippen LogP contribution in [-0.2, 0) is 11.0 Å². The highest BCUT2D eigenvalue weighted by Crippen LogP contribution is 2.53. The van der Waals surface area contributed by atoms with Gasteiger partial charge in [0.05, 0.1) is 29.6 Å². The van der Waals surface area contributed by atoms with Crippen LogP contribution in [0.3, 0.4) is 0 Å². The maximum atomic E-state index is 9.66. The molecule has 77 heavy (non-hydrogen) atoms. The summed E-state index contributed by atoms with van der Waals surface area (Å²) >= 11 is 0. The van der Waals surface area contributed by atoms with Gasteiger partial charge in [-0.3, -0.25) is 0 Å². The molecular formula is C67H45N9O. The molecule has 1 unspecified atom stereocenters. The molecule has 2 aromatic heterocycles. The van der Waals surface area contributed by atoms with Gasteiger partial charge in [0, 0.05) is 55.6 Å². The van der Waals surface area contributed by atoms with Gasteiger partial charge in [-0.25, -0.2) is 34.7 Å². The molecule has 9 aromatic carbocycles. The van der Waals surface area contributed by atoms with Crippen molar-refractivity contribution in [3.63, 3.8) is 0 Å². The lowest BCUT2D eigenvalue weighted by Gasteiger charge is -2.42. The molecule has 4 heterocycles. The van der Waals surface area contributed by atoms with Crippen LogP contribution < -0.4 is 9.64 Å². The van der Waals surface area contributed by atoms with Crippen molar-refractivity contribution in [1.82, 2.24) is 29.9 Å². The van der Waals surface area contributed by atoms with Gasteiger partial charge in [0.15, 0.2) is 46.2 Å². The summed E-state index contributed by atoms with van der Waals surface area (Å²) in [6, 6.07) is 75.0. The molecule has 0 saturated carbocycles. The first-order valence-corrected chi connectivity index (χ1v) is 25.3. The van der Waals surface area contributed by atoms with Crippen LogP contribution in [0.4, 0.5) is 22.7 Å². The second kappa shape index (κ2) is 18.5. The van der Waals surface area contributed by atoms with E-state index in [1.807, 2.05) is 84.9 Å². The summed E-state index contributed by atoms with van der Waals surface area (Å²) in [6.45, 7) is 14.2. The van der Waals surface area contributed by atoms with E-state index in [2.05, 4.69) is 146 Å². The van der Waals surface area contributed by atoms with Gasteiger partial charge < -0.3 is 9.64 Å². The molecule has 0 fully saturated rings. The van der Waals surface area contributed by atoms with Crippen LogP contribution in [0.1, 0.15) is 48.6 Å². The Labute approximate surface area is 446 Å². The minimum atomic E-state index is -0.962. The second-order valence-corrected chi connectivity index (χ2v) is 19.8. The van der Waals surface area contributed by atoms with E-state index in [9.17, 15) is 5.26 Å². The number of fused-ring (bicyclic) bond motifs is 5. The Kier molecular flexibility index (Phi) is 11.1. The van der Waals surface area contributed by atoms with Crippen LogP contribution in [0.25, 0.3) is 84.3 Å². The van der Waals surface area contributed by atoms with Crippen LogP contribution in [0.2, 0.25) is 0 Å². The third kappa shape index (κ3) is 8.13. The van der Waals surface area contributed by atoms with Crippen molar-refractivity contribution >= 4 is 22.7 Å². The maximum Gasteiger partial charge on any atom is 0.187 e. The first-order chi connectivity index (χ1) is 37.6. The first kappa shape index (κ1) is 46.4. The predicted molar refractivity (Wildman–Crippen MR) is 303 cm³/mol. The molecule has 13 rings (SSSR count). The molecule has 0 radical (unpaired) electrons. The maximum absolute atomic E-state index is 9.66. The van der Waals surface area contributed by atoms with E-state index in [0.717, 1.165) is 72.7 Å². The Morgan fingerprint density at radius 3 is 1.40 bits per heavy atom. The number of anilines is 3. The van der Waals surface area contributed by atoms with Crippen molar-refractivity contribution in [1.29, 1.82) is 5.26 Å². The highest BCUT2D eigenvalue weighted by Gasteiger charge is 2.40. The Bertz CT molecular complexity index is 4140. The number of para-hydroxylation sites is 2. The summed E-state index contributed by atoms with van der Waals surface area (Å²) in [4.78, 5) is 36.3. The molecule has 10 nitrogen and oxygen atoms in total. The zero-order valence-corrected chi connectivity index (χ0v) is 42.2. The Balaban J connectivity index is 0.917. The molecule has 0 amide bonds. The molecule has 1 atom stereocenters. The van der Waals surface area contributed by atoms with Crippen molar-refractivity contribution in [3.8, 4) is 91.3 Å². The fourth-order valence-corrected chi connectivity index (χ4v) is 10.7. The molecule has 11 aromatic rings. The van der Waals surface area contributed by atoms with Gasteiger partial charge in [0.2, 0.25) is 0 Å². The zero-order chi connectivity index (χ0) is 52.3. The monoisotopic (exact) mass is 991 g/mol. The average Bonchev–Trinajstić information content (AvgIpc) is 3.63. The smallest absolute Gasteiger partial charge is 0.187 e. The van der Waals surface area contributed by atoms with Gasteiger partial charge >= 0.3 is 0 Å². The van der Waals surface area contributed by atoms with Crippen LogP contribution in [-0.4, -0.2) is 29.9 Å². The Morgan fingerprint density at radius 1 is 0.442 bits per heavy atom. The third-order valence-corrected chi connectivity index (χ3v) is 14.8. The van der Waals surface area contributed by atoms with Crippen molar-refractivity contribution in [2.45, 2.75) is 31.8 Å². The summed E-state index contributed by atoms with van der Waals surface area (Å²) in [6.07, 6.45) is 0. The lowest BCUT2D eigenvalue weighted by Crippen LogP contribution is -2.34. The molecule has 2 aliphatic heterocycles. The van der Waals surface area contributed by atoms with E-state index in [1.54, 1.807) is 24.3 Å². The summed E-state index contributed by atoms with van der Waals surface area (Å²) < 4.78 is 7.30. The minimum absolute atomic E-state index is 0.174. The summed E-state index contributed by atoms with van der Waals surface area (Å²) in [5.41, 5.74) is 14.3. The molecule has 0 N–H and O–H groups in total. The molecule has 0 spiro atoms. The highest BCUT2D eigenvalue weighted by molar-refractivity contribution is 5.87. The largest absolute Gasteiger partial charge is 0.477 e. The summed E-state index contributed by atoms with van der Waals surface area (Å²) in [5, 5.41) is 9.66. The van der Waals surface area contributed by atoms with Crippen LogP contribution in [0.15, 0.2) is 218 Å². The van der Waals surface area contributed by atoms with Crippen molar-refractivity contribution in [2.24, 2.45) is 0 Å². The number of hydrogen-bond acceptors (Lipinski definition) is 9. The normalized spacial score (nSPS) is 14.6. The van der Waals surface area contributed by atoms with Gasteiger partial charge in [0.1, 0.15) is 5.75 Å². The van der Waals surface area contributed by atoms with Gasteiger partial charge in [-0.05, 0) is 108 Å². The predicted octanol–water partition coefficient (Wildman–Crippen LogP) is 15.9. The van der Waals surface area contributed by atoms with Gasteiger partial charge in [-0.1, -0.05) is 153 Å². The molecular weight excluding hydrogens is 947 g/mol. The first-order valence-electron chi connectivity index (χ1n) is 25.3. The van der Waals surface area contributed by atoms with Gasteiger partial charge in [-0.2, -0.15) is 5.26 Å². The molecule has 2 aliphatic rings. The standard InChI is InChI=1S/C67H45N9O/c1-66(2)54-19-11-13-21-57(54)76(58-22-14-12-20-55(58)66)51-35-29-46(30-36-51)63-71-61(44-25-23-42(41-68)24-26-44)74-65(75-63)48-32-38-53-52-37-31-47(39-56(52)67(3,77-59(53)40-48)49-17-9-6-10-18-49)64-72-60(43-15-7-5-8-16-43)70-62(73-64)45-27-33-50(69-4)34-28-45/h5-40H,1-3H3. The number of benzene rings is 9. The Morgan fingerprint density at radius 2 is 0.870 bits per heavy atom. The van der Waals surface area contributed by atoms with E-state index < -0.39 is 5.60 Å². The number of nitriles is 1. The summed E-state index contributed by atoms with van der Waals surface area (Å²) in [5.74, 6) is 3.67. The third-order valence-electron chi connectivity index (χ3n) is 14.8. The van der Waals surface area contributed by atoms with E-state index >= 15 is 0 Å². The topological polar surface area (TPSA) is 118 Å². The van der Waals surface area contributed by atoms with Crippen molar-refractivity contribution < 1.29 is 4.74 Å². The second-order valence-electron chi connectivity index (χ2n) is 19.8. The number of nitrogens with zero attached hydrogens (tertiary/aromatic N) is 9. The SMILES string of the molecule is [C-]#[N+]c1ccc(-c2nc(-c3ccccc3)nc(-c3ccc4c(c3)C(C)(c3ccccc3)Oc3cc(-c5nc(-c6ccc(C#N)cc6)nc(-c6ccc(N7c8ccccc8C(C)(C)c8ccccc87)cc6)n5)ccc3-4)n2)cc1. The van der Waals surface area contributed by atoms with E-state index in [4.69, 9.17) is 41.2 Å². The van der Waals surface area contributed by atoms with Gasteiger partial charge in [0.25, 0.3) is 0 Å². The fraction of sp³-hybridized carbons (Fsp3) is 0.0746. The highest BCUT2D eigenvalue weighted by atomic mass is 16.5. The number of hydrogen-bond donors (Lipinski definition) is 0. The summed E-state index contributed by atoms with van der Waals surface area (Å²) in [7, 11) is 0. The molecule has 0 aliphatic carbocycles. The lowest BCUT2D eigenvalue weighted by molar-refractivity contribution is 0.129. The van der Waals surface area contributed by atoms with Gasteiger partial charge in [-0.15, -0.1) is 0 Å². The fourth-order valence-electron chi connectivity index (χ4n) is 10.7. The zero-order valence-electron chi connectivity index (χ0n) is 42.2. The quantitative estimate of drug-likeness (QED) is 0.137. The lowest BCUT2D eigenvalue weighted by atomic mass is 9.73. The minimum Gasteiger partial charge on any atom is -0.477 e. The molecule has 0 saturated heterocycles. The molecule has 0 bridgehead atoms. The van der Waals surface area contributed by atoms with E-state index in [0.29, 0.717) is 51.9 Å². The number of rotatable bonds is 8. The van der Waals surface area contributed by atoms with E-state index in [1.165, 1.54) is 11.1 Å². The Hall–Kier alpha value is -10.4. The van der Waals surface area contributed by atoms with Crippen LogP contribution in [0, 0.1) is 17.9 Å².